The van der Waals surface area contributed by atoms with Gasteiger partial charge in [-0.3, -0.25) is 0 Å². The summed E-state index contributed by atoms with van der Waals surface area (Å²) in [6, 6.07) is 12.2. The van der Waals surface area contributed by atoms with Crippen molar-refractivity contribution >= 4 is 23.5 Å². The first-order valence-electron chi connectivity index (χ1n) is 14.7. The Balaban J connectivity index is 1.63. The Morgan fingerprint density at radius 3 is 2.05 bits per heavy atom. The highest BCUT2D eigenvalue weighted by atomic mass is 35.5. The molecule has 2 aromatic rings. The van der Waals surface area contributed by atoms with Crippen molar-refractivity contribution in [2.75, 3.05) is 46.2 Å². The zero-order chi connectivity index (χ0) is 31.4. The summed E-state index contributed by atoms with van der Waals surface area (Å²) in [5.41, 5.74) is 1.59. The molecule has 1 aliphatic rings. The molecule has 0 unspecified atom stereocenters. The molecule has 0 bridgehead atoms. The first-order valence-corrected chi connectivity index (χ1v) is 15.1. The maximum absolute atomic E-state index is 13.2. The molecular weight excluding hydrogens is 578 g/mol. The van der Waals surface area contributed by atoms with Gasteiger partial charge in [0, 0.05) is 30.8 Å². The fourth-order valence-electron chi connectivity index (χ4n) is 4.21. The molecule has 0 aromatic heterocycles. The Bertz CT molecular complexity index is 1160. The van der Waals surface area contributed by atoms with Gasteiger partial charge in [0.1, 0.15) is 13.2 Å². The van der Waals surface area contributed by atoms with Gasteiger partial charge >= 0.3 is 17.7 Å². The van der Waals surface area contributed by atoms with Gasteiger partial charge in [-0.1, -0.05) is 57.5 Å². The number of fused-ring (bicyclic) bond motifs is 1. The summed E-state index contributed by atoms with van der Waals surface area (Å²) in [5, 5.41) is 14.4. The molecule has 2 aromatic carbocycles. The molecule has 11 heteroatoms. The standard InChI is InChI=1S/C32H44ClNO9/c1-21(2)19-38-11-13-40-30(36)32(31(37)41-14-12-39-20-22(3)4)42-28-10-9-24(16-29(28)43-32)15-23(5)34-18-27(35)25-7-6-8-26(33)17-25/h6-10,16-17,21-23,27,34-35H,11-15,18-20H2,1-5H3/t23-,27+/m1/s1. The molecular formula is C32H44ClNO9. The number of hydrogen-bond acceptors (Lipinski definition) is 10. The van der Waals surface area contributed by atoms with E-state index in [0.29, 0.717) is 43.0 Å². The van der Waals surface area contributed by atoms with E-state index in [0.717, 1.165) is 11.1 Å². The molecule has 0 aliphatic carbocycles. The number of nitrogens with one attached hydrogen (secondary N) is 1. The first-order chi connectivity index (χ1) is 20.5. The number of carbonyl (C=O) groups is 2. The number of aliphatic hydroxyl groups is 1. The van der Waals surface area contributed by atoms with Crippen LogP contribution in [-0.4, -0.2) is 75.1 Å². The fraction of sp³-hybridized carbons (Fsp3) is 0.562. The molecule has 43 heavy (non-hydrogen) atoms. The van der Waals surface area contributed by atoms with Crippen molar-refractivity contribution in [2.24, 2.45) is 11.8 Å². The van der Waals surface area contributed by atoms with Crippen LogP contribution in [0.5, 0.6) is 11.5 Å². The number of aliphatic hydroxyl groups excluding tert-OH is 1. The summed E-state index contributed by atoms with van der Waals surface area (Å²) in [4.78, 5) is 26.4. The van der Waals surface area contributed by atoms with Gasteiger partial charge in [-0.05, 0) is 60.6 Å². The van der Waals surface area contributed by atoms with Gasteiger partial charge in [-0.25, -0.2) is 9.59 Å². The number of benzene rings is 2. The summed E-state index contributed by atoms with van der Waals surface area (Å²) >= 11 is 6.04. The zero-order valence-corrected chi connectivity index (χ0v) is 26.4. The van der Waals surface area contributed by atoms with Crippen molar-refractivity contribution in [3.05, 3.63) is 58.6 Å². The summed E-state index contributed by atoms with van der Waals surface area (Å²) < 4.78 is 33.3. The molecule has 0 spiro atoms. The maximum Gasteiger partial charge on any atom is 0.453 e. The Morgan fingerprint density at radius 1 is 0.860 bits per heavy atom. The third-order valence-electron chi connectivity index (χ3n) is 6.31. The molecule has 10 nitrogen and oxygen atoms in total. The van der Waals surface area contributed by atoms with Crippen LogP contribution in [0, 0.1) is 11.8 Å². The second kappa shape index (κ2) is 16.8. The topological polar surface area (TPSA) is 122 Å². The monoisotopic (exact) mass is 621 g/mol. The van der Waals surface area contributed by atoms with Crippen LogP contribution in [0.15, 0.2) is 42.5 Å². The van der Waals surface area contributed by atoms with E-state index >= 15 is 0 Å². The number of esters is 2. The van der Waals surface area contributed by atoms with Gasteiger partial charge in [0.05, 0.1) is 19.3 Å². The molecule has 0 saturated heterocycles. The lowest BCUT2D eigenvalue weighted by Gasteiger charge is -2.23. The van der Waals surface area contributed by atoms with E-state index in [9.17, 15) is 14.7 Å². The number of carbonyl (C=O) groups excluding carboxylic acids is 2. The average Bonchev–Trinajstić information content (AvgIpc) is 3.35. The van der Waals surface area contributed by atoms with Gasteiger partial charge in [0.15, 0.2) is 11.5 Å². The molecule has 0 amide bonds. The molecule has 0 saturated carbocycles. The van der Waals surface area contributed by atoms with Crippen LogP contribution < -0.4 is 14.8 Å². The normalized spacial score (nSPS) is 15.0. The second-order valence-electron chi connectivity index (χ2n) is 11.4. The number of ether oxygens (including phenoxy) is 6. The Hall–Kier alpha value is -2.89. The van der Waals surface area contributed by atoms with Crippen molar-refractivity contribution in [2.45, 2.75) is 59.0 Å². The minimum absolute atomic E-state index is 0.0226. The van der Waals surface area contributed by atoms with Crippen LogP contribution >= 0.6 is 11.6 Å². The predicted octanol–water partition coefficient (Wildman–Crippen LogP) is 4.49. The van der Waals surface area contributed by atoms with E-state index < -0.39 is 23.8 Å². The van der Waals surface area contributed by atoms with E-state index in [-0.39, 0.29) is 44.0 Å². The van der Waals surface area contributed by atoms with E-state index in [1.54, 1.807) is 30.3 Å². The maximum atomic E-state index is 13.2. The van der Waals surface area contributed by atoms with Gasteiger partial charge in [0.2, 0.25) is 0 Å². The lowest BCUT2D eigenvalue weighted by atomic mass is 10.1. The largest absolute Gasteiger partial charge is 0.457 e. The van der Waals surface area contributed by atoms with Crippen molar-refractivity contribution in [3.63, 3.8) is 0 Å². The highest BCUT2D eigenvalue weighted by Gasteiger charge is 2.59. The second-order valence-corrected chi connectivity index (χ2v) is 11.8. The quantitative estimate of drug-likeness (QED) is 0.140. The Labute approximate surface area is 258 Å². The van der Waals surface area contributed by atoms with Crippen LogP contribution in [-0.2, 0) is 35.0 Å². The van der Waals surface area contributed by atoms with Crippen LogP contribution in [0.4, 0.5) is 0 Å². The molecule has 2 atom stereocenters. The van der Waals surface area contributed by atoms with Crippen molar-refractivity contribution in [1.29, 1.82) is 0 Å². The molecule has 1 aliphatic heterocycles. The third kappa shape index (κ3) is 10.7. The van der Waals surface area contributed by atoms with E-state index in [1.807, 2.05) is 46.8 Å². The van der Waals surface area contributed by atoms with Crippen LogP contribution in [0.1, 0.15) is 51.8 Å². The highest BCUT2D eigenvalue weighted by Crippen LogP contribution is 2.41. The molecule has 238 valence electrons. The summed E-state index contributed by atoms with van der Waals surface area (Å²) in [5.74, 6) is -3.43. The highest BCUT2D eigenvalue weighted by molar-refractivity contribution is 6.30. The van der Waals surface area contributed by atoms with Gasteiger partial charge < -0.3 is 38.8 Å². The van der Waals surface area contributed by atoms with E-state index in [4.69, 9.17) is 40.0 Å². The number of rotatable bonds is 18. The zero-order valence-electron chi connectivity index (χ0n) is 25.6. The number of hydrogen-bond donors (Lipinski definition) is 2. The van der Waals surface area contributed by atoms with Crippen LogP contribution in [0.25, 0.3) is 0 Å². The molecule has 2 N–H and O–H groups in total. The van der Waals surface area contributed by atoms with Gasteiger partial charge in [0.25, 0.3) is 0 Å². The molecule has 0 radical (unpaired) electrons. The number of halogens is 1. The lowest BCUT2D eigenvalue weighted by Crippen LogP contribution is -2.56. The van der Waals surface area contributed by atoms with Gasteiger partial charge in [-0.2, -0.15) is 0 Å². The fourth-order valence-corrected chi connectivity index (χ4v) is 4.41. The molecule has 1 heterocycles. The van der Waals surface area contributed by atoms with Crippen molar-refractivity contribution in [3.8, 4) is 11.5 Å². The van der Waals surface area contributed by atoms with Gasteiger partial charge in [-0.15, -0.1) is 0 Å². The van der Waals surface area contributed by atoms with E-state index in [2.05, 4.69) is 5.32 Å². The summed E-state index contributed by atoms with van der Waals surface area (Å²) in [7, 11) is 0. The Morgan fingerprint density at radius 2 is 1.47 bits per heavy atom. The predicted molar refractivity (Wildman–Crippen MR) is 161 cm³/mol. The van der Waals surface area contributed by atoms with Crippen LogP contribution in [0.3, 0.4) is 0 Å². The first kappa shape index (κ1) is 34.6. The lowest BCUT2D eigenvalue weighted by molar-refractivity contribution is -0.204. The summed E-state index contributed by atoms with van der Waals surface area (Å²) in [6.07, 6.45) is -0.150. The molecule has 0 fully saturated rings. The van der Waals surface area contributed by atoms with Crippen molar-refractivity contribution < 1.29 is 43.1 Å². The average molecular weight is 622 g/mol. The van der Waals surface area contributed by atoms with Crippen molar-refractivity contribution in [1.82, 2.24) is 5.32 Å². The van der Waals surface area contributed by atoms with Crippen LogP contribution in [0.2, 0.25) is 5.02 Å². The minimum atomic E-state index is -2.44. The third-order valence-corrected chi connectivity index (χ3v) is 6.55. The SMILES string of the molecule is CC(C)COCCOC(=O)C1(C(=O)OCCOCC(C)C)Oc2ccc(C[C@@H](C)NC[C@H](O)c3cccc(Cl)c3)cc2O1. The summed E-state index contributed by atoms with van der Waals surface area (Å²) in [6.45, 7) is 11.5. The smallest absolute Gasteiger partial charge is 0.453 e. The Kier molecular flexibility index (Phi) is 13.5. The molecule has 3 rings (SSSR count). The minimum Gasteiger partial charge on any atom is -0.457 e. The van der Waals surface area contributed by atoms with E-state index in [1.165, 1.54) is 0 Å².